The molecule has 2 N–H and O–H groups in total. The van der Waals surface area contributed by atoms with E-state index in [1.54, 1.807) is 20.2 Å². The summed E-state index contributed by atoms with van der Waals surface area (Å²) >= 11 is 0. The van der Waals surface area contributed by atoms with Crippen LogP contribution < -0.4 is 15.4 Å². The summed E-state index contributed by atoms with van der Waals surface area (Å²) < 4.78 is 19.8. The smallest absolute Gasteiger partial charge is 0.150 e. The number of nitrogens with one attached hydrogen (secondary N) is 2. The summed E-state index contributed by atoms with van der Waals surface area (Å²) in [6.07, 6.45) is 0.718. The largest absolute Gasteiger partial charge is 0.495 e. The lowest BCUT2D eigenvalue weighted by atomic mass is 10.1. The number of ether oxygens (including phenoxy) is 1. The van der Waals surface area contributed by atoms with Crippen molar-refractivity contribution in [1.82, 2.24) is 5.32 Å². The zero-order valence-electron chi connectivity index (χ0n) is 14.8. The van der Waals surface area contributed by atoms with Gasteiger partial charge in [0, 0.05) is 19.2 Å². The van der Waals surface area contributed by atoms with Crippen LogP contribution in [0.3, 0.4) is 0 Å². The van der Waals surface area contributed by atoms with E-state index < -0.39 is 0 Å². The molecule has 0 aromatic heterocycles. The van der Waals surface area contributed by atoms with Crippen LogP contribution in [0.15, 0.2) is 35.3 Å². The Hall–Kier alpha value is -2.56. The second-order valence-electron chi connectivity index (χ2n) is 5.61. The van der Waals surface area contributed by atoms with E-state index in [2.05, 4.69) is 15.6 Å². The third-order valence-corrected chi connectivity index (χ3v) is 3.80. The number of rotatable bonds is 5. The number of aryl methyl sites for hydroxylation is 2. The Kier molecular flexibility index (Phi) is 5.79. The van der Waals surface area contributed by atoms with E-state index in [1.807, 2.05) is 39.0 Å². The van der Waals surface area contributed by atoms with Crippen LogP contribution in [0.25, 0.3) is 0 Å². The summed E-state index contributed by atoms with van der Waals surface area (Å²) in [4.78, 5) is 4.33. The Balaban J connectivity index is 2.36. The molecule has 0 atom stereocenters. The number of halogens is 1. The van der Waals surface area contributed by atoms with Crippen LogP contribution >= 0.6 is 0 Å². The molecule has 0 fully saturated rings. The first-order valence-corrected chi connectivity index (χ1v) is 7.95. The summed E-state index contributed by atoms with van der Waals surface area (Å²) in [5, 5.41) is 6.21. The van der Waals surface area contributed by atoms with Gasteiger partial charge in [0.2, 0.25) is 0 Å². The molecule has 128 valence electrons. The van der Waals surface area contributed by atoms with Gasteiger partial charge in [-0.05, 0) is 49.2 Å². The maximum absolute atomic E-state index is 14.4. The van der Waals surface area contributed by atoms with Gasteiger partial charge in [0.05, 0.1) is 12.8 Å². The summed E-state index contributed by atoms with van der Waals surface area (Å²) in [7, 11) is 3.40. The number of benzene rings is 2. The van der Waals surface area contributed by atoms with Gasteiger partial charge in [0.25, 0.3) is 0 Å². The highest BCUT2D eigenvalue weighted by Crippen LogP contribution is 2.32. The van der Waals surface area contributed by atoms with Gasteiger partial charge in [-0.2, -0.15) is 0 Å². The lowest BCUT2D eigenvalue weighted by molar-refractivity contribution is 0.416. The number of anilines is 2. The van der Waals surface area contributed by atoms with Crippen LogP contribution in [0.2, 0.25) is 0 Å². The highest BCUT2D eigenvalue weighted by Gasteiger charge is 2.10. The van der Waals surface area contributed by atoms with Gasteiger partial charge in [0.15, 0.2) is 5.82 Å². The second kappa shape index (κ2) is 7.81. The lowest BCUT2D eigenvalue weighted by Gasteiger charge is -2.15. The summed E-state index contributed by atoms with van der Waals surface area (Å²) in [5.41, 5.74) is 3.83. The van der Waals surface area contributed by atoms with Gasteiger partial charge in [-0.15, -0.1) is 0 Å². The van der Waals surface area contributed by atoms with Crippen molar-refractivity contribution in [3.05, 3.63) is 47.3 Å². The van der Waals surface area contributed by atoms with Gasteiger partial charge in [0.1, 0.15) is 17.3 Å². The van der Waals surface area contributed by atoms with Crippen LogP contribution in [0.1, 0.15) is 24.5 Å². The SMILES string of the molecule is CCC(=Nc1cc(C)c(Nc2ccc(C)cc2OC)cc1F)NC. The predicted molar refractivity (Wildman–Crippen MR) is 98.6 cm³/mol. The van der Waals surface area contributed by atoms with E-state index in [9.17, 15) is 4.39 Å². The van der Waals surface area contributed by atoms with Crippen molar-refractivity contribution in [3.8, 4) is 5.75 Å². The lowest BCUT2D eigenvalue weighted by Crippen LogP contribution is -2.16. The molecule has 2 aromatic rings. The zero-order chi connectivity index (χ0) is 17.7. The minimum absolute atomic E-state index is 0.333. The molecule has 0 bridgehead atoms. The van der Waals surface area contributed by atoms with Crippen molar-refractivity contribution in [1.29, 1.82) is 0 Å². The molecule has 0 heterocycles. The normalized spacial score (nSPS) is 11.3. The van der Waals surface area contributed by atoms with Crippen molar-refractivity contribution in [2.45, 2.75) is 27.2 Å². The molecule has 0 radical (unpaired) electrons. The van der Waals surface area contributed by atoms with Crippen molar-refractivity contribution in [2.24, 2.45) is 4.99 Å². The molecule has 24 heavy (non-hydrogen) atoms. The Morgan fingerprint density at radius 2 is 1.92 bits per heavy atom. The molecular weight excluding hydrogens is 305 g/mol. The van der Waals surface area contributed by atoms with E-state index in [-0.39, 0.29) is 5.82 Å². The number of aliphatic imine (C=N–C) groups is 1. The molecule has 0 spiro atoms. The molecule has 2 aromatic carbocycles. The Morgan fingerprint density at radius 3 is 2.54 bits per heavy atom. The fourth-order valence-corrected chi connectivity index (χ4v) is 2.39. The molecule has 0 amide bonds. The van der Waals surface area contributed by atoms with Gasteiger partial charge < -0.3 is 15.4 Å². The third kappa shape index (κ3) is 4.04. The van der Waals surface area contributed by atoms with E-state index in [0.29, 0.717) is 11.4 Å². The van der Waals surface area contributed by atoms with Gasteiger partial charge in [-0.25, -0.2) is 9.38 Å². The number of hydrogen-bond donors (Lipinski definition) is 2. The molecule has 4 nitrogen and oxygen atoms in total. The first-order valence-electron chi connectivity index (χ1n) is 7.95. The maximum atomic E-state index is 14.4. The average molecular weight is 329 g/mol. The fraction of sp³-hybridized carbons (Fsp3) is 0.316. The van der Waals surface area contributed by atoms with Crippen LogP contribution in [0.4, 0.5) is 21.5 Å². The number of methoxy groups -OCH3 is 1. The topological polar surface area (TPSA) is 45.7 Å². The van der Waals surface area contributed by atoms with Crippen molar-refractivity contribution in [2.75, 3.05) is 19.5 Å². The molecule has 5 heteroatoms. The van der Waals surface area contributed by atoms with Gasteiger partial charge in [-0.1, -0.05) is 13.0 Å². The highest BCUT2D eigenvalue weighted by molar-refractivity contribution is 5.84. The highest BCUT2D eigenvalue weighted by atomic mass is 19.1. The zero-order valence-corrected chi connectivity index (χ0v) is 14.8. The first kappa shape index (κ1) is 17.8. The van der Waals surface area contributed by atoms with E-state index >= 15 is 0 Å². The third-order valence-electron chi connectivity index (χ3n) is 3.80. The van der Waals surface area contributed by atoms with Crippen LogP contribution in [-0.4, -0.2) is 20.0 Å². The number of amidine groups is 1. The van der Waals surface area contributed by atoms with E-state index in [4.69, 9.17) is 4.74 Å². The summed E-state index contributed by atoms with van der Waals surface area (Å²) in [5.74, 6) is 1.10. The molecule has 0 aliphatic rings. The Labute approximate surface area is 142 Å². The average Bonchev–Trinajstić information content (AvgIpc) is 2.57. The molecule has 2 rings (SSSR count). The van der Waals surface area contributed by atoms with Gasteiger partial charge in [-0.3, -0.25) is 0 Å². The Bertz CT molecular complexity index is 751. The molecule has 0 aliphatic heterocycles. The van der Waals surface area contributed by atoms with E-state index in [0.717, 1.165) is 34.8 Å². The first-order chi connectivity index (χ1) is 11.5. The monoisotopic (exact) mass is 329 g/mol. The molecule has 0 unspecified atom stereocenters. The molecule has 0 saturated heterocycles. The quantitative estimate of drug-likeness (QED) is 0.608. The van der Waals surface area contributed by atoms with Crippen LogP contribution in [0.5, 0.6) is 5.75 Å². The van der Waals surface area contributed by atoms with Crippen molar-refractivity contribution >= 4 is 22.9 Å². The fourth-order valence-electron chi connectivity index (χ4n) is 2.39. The molecule has 0 aliphatic carbocycles. The Morgan fingerprint density at radius 1 is 1.17 bits per heavy atom. The van der Waals surface area contributed by atoms with E-state index in [1.165, 1.54) is 6.07 Å². The predicted octanol–water partition coefficient (Wildman–Crippen LogP) is 4.85. The van der Waals surface area contributed by atoms with Crippen molar-refractivity contribution in [3.63, 3.8) is 0 Å². The summed E-state index contributed by atoms with van der Waals surface area (Å²) in [6, 6.07) is 9.05. The number of nitrogens with zero attached hydrogens (tertiary/aromatic N) is 1. The van der Waals surface area contributed by atoms with Crippen LogP contribution in [0, 0.1) is 19.7 Å². The summed E-state index contributed by atoms with van der Waals surface area (Å²) in [6.45, 7) is 5.89. The minimum atomic E-state index is -0.365. The molecular formula is C19H24FN3O. The molecule has 0 saturated carbocycles. The second-order valence-corrected chi connectivity index (χ2v) is 5.61. The number of hydrogen-bond acceptors (Lipinski definition) is 3. The standard InChI is InChI=1S/C19H24FN3O/c1-6-19(21-4)23-17-10-13(3)16(11-14(17)20)22-15-8-7-12(2)9-18(15)24-5/h7-11,22H,6H2,1-5H3,(H,21,23). The maximum Gasteiger partial charge on any atom is 0.150 e. The minimum Gasteiger partial charge on any atom is -0.495 e. The van der Waals surface area contributed by atoms with Crippen molar-refractivity contribution < 1.29 is 9.13 Å². The van der Waals surface area contributed by atoms with Crippen LogP contribution in [-0.2, 0) is 0 Å². The van der Waals surface area contributed by atoms with Gasteiger partial charge >= 0.3 is 0 Å².